The number of fused-ring (bicyclic) bond motifs is 1. The number of hydrogen-bond acceptors (Lipinski definition) is 6. The highest BCUT2D eigenvalue weighted by atomic mass is 79.9. The Morgan fingerprint density at radius 2 is 2.24 bits per heavy atom. The molecule has 4 rings (SSSR count). The number of halogens is 2. The molecule has 7 nitrogen and oxygen atoms in total. The van der Waals surface area contributed by atoms with Gasteiger partial charge in [-0.25, -0.2) is 9.67 Å². The molecule has 2 heterocycles. The van der Waals surface area contributed by atoms with Crippen molar-refractivity contribution in [2.24, 2.45) is 11.1 Å². The van der Waals surface area contributed by atoms with Crippen LogP contribution in [0.25, 0.3) is 16.7 Å². The van der Waals surface area contributed by atoms with Crippen molar-refractivity contribution in [1.82, 2.24) is 19.7 Å². The fourth-order valence-corrected chi connectivity index (χ4v) is 4.42. The average Bonchev–Trinajstić information content (AvgIpc) is 3.22. The van der Waals surface area contributed by atoms with Crippen LogP contribution in [0.15, 0.2) is 29.0 Å². The molecule has 1 aliphatic carbocycles. The van der Waals surface area contributed by atoms with Gasteiger partial charge < -0.3 is 11.1 Å². The summed E-state index contributed by atoms with van der Waals surface area (Å²) in [5, 5.41) is 18.7. The maximum absolute atomic E-state index is 9.35. The van der Waals surface area contributed by atoms with E-state index < -0.39 is 0 Å². The number of anilines is 1. The van der Waals surface area contributed by atoms with Gasteiger partial charge in [-0.15, -0.1) is 0 Å². The van der Waals surface area contributed by atoms with Gasteiger partial charge in [0.2, 0.25) is 5.95 Å². The SMILES string of the molecule is CC(N)c1cc(Cl)cc(-n2nc(Br)c3cnc(N[C@@H]4CC[C@@](C)(C#N)C4)nc32)c1. The summed E-state index contributed by atoms with van der Waals surface area (Å²) in [4.78, 5) is 9.15. The summed E-state index contributed by atoms with van der Waals surface area (Å²) in [5.74, 6) is 0.521. The van der Waals surface area contributed by atoms with E-state index in [1.54, 1.807) is 10.9 Å². The third-order valence-corrected chi connectivity index (χ3v) is 6.20. The highest BCUT2D eigenvalue weighted by Gasteiger charge is 2.35. The van der Waals surface area contributed by atoms with Crippen LogP contribution >= 0.6 is 27.5 Å². The van der Waals surface area contributed by atoms with Gasteiger partial charge in [-0.2, -0.15) is 15.3 Å². The van der Waals surface area contributed by atoms with Crippen LogP contribution in [-0.2, 0) is 0 Å². The van der Waals surface area contributed by atoms with E-state index in [0.717, 1.165) is 35.9 Å². The number of aromatic nitrogens is 4. The third-order valence-electron chi connectivity index (χ3n) is 5.40. The molecular weight excluding hydrogens is 454 g/mol. The summed E-state index contributed by atoms with van der Waals surface area (Å²) in [6.45, 7) is 3.91. The summed E-state index contributed by atoms with van der Waals surface area (Å²) in [5.41, 5.74) is 8.11. The summed E-state index contributed by atoms with van der Waals surface area (Å²) in [6.07, 6.45) is 4.31. The van der Waals surface area contributed by atoms with Crippen molar-refractivity contribution in [3.8, 4) is 11.8 Å². The van der Waals surface area contributed by atoms with Crippen LogP contribution in [0, 0.1) is 16.7 Å². The van der Waals surface area contributed by atoms with Gasteiger partial charge in [-0.3, -0.25) is 0 Å². The second-order valence-electron chi connectivity index (χ2n) is 7.92. The molecular formula is C20H21BrClN7. The van der Waals surface area contributed by atoms with Gasteiger partial charge >= 0.3 is 0 Å². The number of nitrogens with zero attached hydrogens (tertiary/aromatic N) is 5. The number of nitrogens with one attached hydrogen (secondary N) is 1. The van der Waals surface area contributed by atoms with Crippen LogP contribution in [0.5, 0.6) is 0 Å². The van der Waals surface area contributed by atoms with Gasteiger partial charge in [0.1, 0.15) is 4.60 Å². The number of rotatable bonds is 4. The zero-order valence-electron chi connectivity index (χ0n) is 16.2. The van der Waals surface area contributed by atoms with Crippen molar-refractivity contribution in [2.45, 2.75) is 45.2 Å². The lowest BCUT2D eigenvalue weighted by Crippen LogP contribution is -2.19. The molecule has 1 aliphatic rings. The maximum Gasteiger partial charge on any atom is 0.224 e. The predicted octanol–water partition coefficient (Wildman–Crippen LogP) is 4.75. The highest BCUT2D eigenvalue weighted by molar-refractivity contribution is 9.10. The molecule has 150 valence electrons. The first-order valence-corrected chi connectivity index (χ1v) is 10.6. The minimum Gasteiger partial charge on any atom is -0.351 e. The molecule has 3 N–H and O–H groups in total. The first-order chi connectivity index (χ1) is 13.8. The second kappa shape index (κ2) is 7.56. The molecule has 0 spiro atoms. The minimum absolute atomic E-state index is 0.151. The van der Waals surface area contributed by atoms with Gasteiger partial charge in [0, 0.05) is 23.3 Å². The Hall–Kier alpha value is -2.21. The highest BCUT2D eigenvalue weighted by Crippen LogP contribution is 2.38. The van der Waals surface area contributed by atoms with E-state index >= 15 is 0 Å². The topological polar surface area (TPSA) is 105 Å². The van der Waals surface area contributed by atoms with E-state index in [1.165, 1.54) is 0 Å². The summed E-state index contributed by atoms with van der Waals surface area (Å²) in [7, 11) is 0. The van der Waals surface area contributed by atoms with Crippen molar-refractivity contribution >= 4 is 44.5 Å². The lowest BCUT2D eigenvalue weighted by atomic mass is 9.91. The Labute approximate surface area is 182 Å². The summed E-state index contributed by atoms with van der Waals surface area (Å²) in [6, 6.07) is 8.08. The van der Waals surface area contributed by atoms with Crippen LogP contribution in [0.3, 0.4) is 0 Å². The largest absolute Gasteiger partial charge is 0.351 e. The van der Waals surface area contributed by atoms with E-state index in [-0.39, 0.29) is 17.5 Å². The molecule has 1 fully saturated rings. The summed E-state index contributed by atoms with van der Waals surface area (Å²) >= 11 is 9.80. The molecule has 0 amide bonds. The Morgan fingerprint density at radius 1 is 1.45 bits per heavy atom. The van der Waals surface area contributed by atoms with Crippen molar-refractivity contribution in [3.63, 3.8) is 0 Å². The minimum atomic E-state index is -0.289. The van der Waals surface area contributed by atoms with Gasteiger partial charge in [0.15, 0.2) is 5.65 Å². The number of benzene rings is 1. The fraction of sp³-hybridized carbons (Fsp3) is 0.400. The Bertz CT molecular complexity index is 1120. The molecule has 0 aliphatic heterocycles. The Kier molecular flexibility index (Phi) is 5.23. The molecule has 1 saturated carbocycles. The van der Waals surface area contributed by atoms with E-state index in [9.17, 15) is 5.26 Å². The van der Waals surface area contributed by atoms with Crippen LogP contribution in [0.2, 0.25) is 5.02 Å². The first-order valence-electron chi connectivity index (χ1n) is 9.43. The lowest BCUT2D eigenvalue weighted by molar-refractivity contribution is 0.456. The predicted molar refractivity (Wildman–Crippen MR) is 117 cm³/mol. The Morgan fingerprint density at radius 3 is 2.93 bits per heavy atom. The van der Waals surface area contributed by atoms with E-state index in [2.05, 4.69) is 37.4 Å². The molecule has 0 saturated heterocycles. The monoisotopic (exact) mass is 473 g/mol. The van der Waals surface area contributed by atoms with Crippen molar-refractivity contribution in [3.05, 3.63) is 39.6 Å². The lowest BCUT2D eigenvalue weighted by Gasteiger charge is -2.15. The zero-order chi connectivity index (χ0) is 20.8. The van der Waals surface area contributed by atoms with Crippen molar-refractivity contribution < 1.29 is 0 Å². The number of nitrogens with two attached hydrogens (primary N) is 1. The van der Waals surface area contributed by atoms with E-state index in [4.69, 9.17) is 22.3 Å². The summed E-state index contributed by atoms with van der Waals surface area (Å²) < 4.78 is 2.39. The molecule has 1 aromatic carbocycles. The van der Waals surface area contributed by atoms with E-state index in [1.807, 2.05) is 32.0 Å². The quantitative estimate of drug-likeness (QED) is 0.565. The first kappa shape index (κ1) is 20.1. The van der Waals surface area contributed by atoms with Gasteiger partial charge in [-0.1, -0.05) is 11.6 Å². The zero-order valence-corrected chi connectivity index (χ0v) is 18.5. The molecule has 2 aromatic heterocycles. The molecule has 29 heavy (non-hydrogen) atoms. The van der Waals surface area contributed by atoms with Crippen molar-refractivity contribution in [1.29, 1.82) is 5.26 Å². The van der Waals surface area contributed by atoms with Crippen LogP contribution in [0.4, 0.5) is 5.95 Å². The van der Waals surface area contributed by atoms with Crippen molar-refractivity contribution in [2.75, 3.05) is 5.32 Å². The van der Waals surface area contributed by atoms with Crippen LogP contribution in [0.1, 0.15) is 44.7 Å². The molecule has 3 aromatic rings. The van der Waals surface area contributed by atoms with Gasteiger partial charge in [0.05, 0.1) is 22.6 Å². The molecule has 0 bridgehead atoms. The van der Waals surface area contributed by atoms with Crippen LogP contribution in [-0.4, -0.2) is 25.8 Å². The maximum atomic E-state index is 9.35. The standard InChI is InChI=1S/C20H21BrClN7/c1-11(24)12-5-13(22)7-15(6-12)29-18-16(17(21)28-29)9-25-19(27-18)26-14-3-4-20(2,8-14)10-23/h5-7,9,11,14H,3-4,8,24H2,1-2H3,(H,25,26,27)/t11?,14-,20-/m1/s1. The van der Waals surface area contributed by atoms with E-state index in [0.29, 0.717) is 21.2 Å². The van der Waals surface area contributed by atoms with Gasteiger partial charge in [-0.05, 0) is 72.8 Å². The molecule has 9 heteroatoms. The smallest absolute Gasteiger partial charge is 0.224 e. The number of nitriles is 1. The Balaban J connectivity index is 1.72. The number of hydrogen-bond donors (Lipinski definition) is 2. The van der Waals surface area contributed by atoms with Crippen LogP contribution < -0.4 is 11.1 Å². The fourth-order valence-electron chi connectivity index (χ4n) is 3.75. The van der Waals surface area contributed by atoms with Gasteiger partial charge in [0.25, 0.3) is 0 Å². The second-order valence-corrected chi connectivity index (χ2v) is 9.11. The molecule has 3 atom stereocenters. The normalized spacial score (nSPS) is 22.6. The third kappa shape index (κ3) is 3.95. The molecule has 1 unspecified atom stereocenters. The average molecular weight is 475 g/mol. The molecule has 0 radical (unpaired) electrons.